The number of hydrogen-bond acceptors (Lipinski definition) is 4. The average molecular weight is 403 g/mol. The summed E-state index contributed by atoms with van der Waals surface area (Å²) in [4.78, 5) is 15.9. The van der Waals surface area contributed by atoms with Gasteiger partial charge in [0.1, 0.15) is 6.04 Å². The summed E-state index contributed by atoms with van der Waals surface area (Å²) < 4.78 is 2.20. The zero-order chi connectivity index (χ0) is 19.9. The first-order valence-corrected chi connectivity index (χ1v) is 11.3. The minimum absolute atomic E-state index is 0.214. The fraction of sp³-hybridized carbons (Fsp3) is 0.571. The fourth-order valence-electron chi connectivity index (χ4n) is 3.79. The molecule has 7 heteroatoms. The first kappa shape index (κ1) is 20.9. The smallest absolute Gasteiger partial charge is 0.233 e. The molecule has 28 heavy (non-hydrogen) atoms. The lowest BCUT2D eigenvalue weighted by Gasteiger charge is -2.26. The number of piperidine rings is 1. The first-order valence-electron chi connectivity index (χ1n) is 10.3. The number of carbonyl (C=O) groups excluding carboxylic acids is 1. The lowest BCUT2D eigenvalue weighted by atomic mass is 10.1. The molecule has 1 aliphatic heterocycles. The van der Waals surface area contributed by atoms with Gasteiger partial charge in [0.25, 0.3) is 0 Å². The molecular formula is C21H32N5OS+. The predicted octanol–water partition coefficient (Wildman–Crippen LogP) is 2.03. The highest BCUT2D eigenvalue weighted by molar-refractivity contribution is 7.99. The van der Waals surface area contributed by atoms with Gasteiger partial charge in [-0.1, -0.05) is 49.0 Å². The molecule has 6 nitrogen and oxygen atoms in total. The highest BCUT2D eigenvalue weighted by Crippen LogP contribution is 2.23. The molecule has 1 aromatic heterocycles. The van der Waals surface area contributed by atoms with E-state index in [0.29, 0.717) is 5.75 Å². The van der Waals surface area contributed by atoms with Crippen molar-refractivity contribution in [2.75, 3.05) is 32.9 Å². The Hall–Kier alpha value is -1.86. The second-order valence-corrected chi connectivity index (χ2v) is 8.62. The second kappa shape index (κ2) is 10.1. The molecule has 1 fully saturated rings. The number of benzene rings is 1. The van der Waals surface area contributed by atoms with Crippen LogP contribution in [0, 0.1) is 0 Å². The Balaban J connectivity index is 1.79. The molecule has 0 bridgehead atoms. The Morgan fingerprint density at radius 1 is 1.14 bits per heavy atom. The number of likely N-dealkylation sites (tertiary alicyclic amines) is 1. The minimum Gasteiger partial charge on any atom is -0.342 e. The molecule has 0 aliphatic carbocycles. The van der Waals surface area contributed by atoms with Crippen LogP contribution in [-0.2, 0) is 11.3 Å². The zero-order valence-electron chi connectivity index (χ0n) is 17.2. The van der Waals surface area contributed by atoms with Crippen molar-refractivity contribution < 1.29 is 9.69 Å². The monoisotopic (exact) mass is 402 g/mol. The topological polar surface area (TPSA) is 55.5 Å². The molecule has 3 rings (SSSR count). The van der Waals surface area contributed by atoms with Crippen molar-refractivity contribution >= 4 is 17.7 Å². The Morgan fingerprint density at radius 3 is 2.50 bits per heavy atom. The van der Waals surface area contributed by atoms with Crippen molar-refractivity contribution in [1.29, 1.82) is 0 Å². The van der Waals surface area contributed by atoms with Gasteiger partial charge in [0.15, 0.2) is 11.0 Å². The van der Waals surface area contributed by atoms with Crippen LogP contribution >= 0.6 is 11.8 Å². The van der Waals surface area contributed by atoms with E-state index in [1.807, 2.05) is 11.0 Å². The van der Waals surface area contributed by atoms with E-state index in [9.17, 15) is 4.79 Å². The maximum atomic E-state index is 12.6. The third kappa shape index (κ3) is 5.14. The number of thioether (sulfide) groups is 1. The highest BCUT2D eigenvalue weighted by Gasteiger charge is 2.26. The van der Waals surface area contributed by atoms with Gasteiger partial charge in [0, 0.05) is 19.5 Å². The summed E-state index contributed by atoms with van der Waals surface area (Å²) in [5, 5.41) is 9.85. The van der Waals surface area contributed by atoms with Gasteiger partial charge in [-0.05, 0) is 24.8 Å². The van der Waals surface area contributed by atoms with Gasteiger partial charge < -0.3 is 9.80 Å². The Kier molecular flexibility index (Phi) is 7.50. The van der Waals surface area contributed by atoms with Crippen LogP contribution in [-0.4, -0.2) is 58.5 Å². The molecular weight excluding hydrogens is 370 g/mol. The third-order valence-corrected chi connectivity index (χ3v) is 6.33. The lowest BCUT2D eigenvalue weighted by Crippen LogP contribution is -3.06. The van der Waals surface area contributed by atoms with E-state index >= 15 is 0 Å². The molecule has 0 spiro atoms. The van der Waals surface area contributed by atoms with Gasteiger partial charge in [-0.25, -0.2) is 0 Å². The van der Waals surface area contributed by atoms with Crippen LogP contribution in [0.2, 0.25) is 0 Å². The van der Waals surface area contributed by atoms with Crippen molar-refractivity contribution in [2.45, 2.75) is 50.4 Å². The molecule has 0 saturated carbocycles. The molecule has 1 amide bonds. The summed E-state index contributed by atoms with van der Waals surface area (Å²) in [5.74, 6) is 1.64. The molecule has 2 aromatic rings. The number of quaternary nitrogens is 1. The Morgan fingerprint density at radius 2 is 1.86 bits per heavy atom. The Bertz CT molecular complexity index is 755. The SMILES string of the molecule is CC[C@@H](c1nnc(SCC(=O)N2CCCCC2)n1Cc1ccccc1)[NH+](C)C. The van der Waals surface area contributed by atoms with Gasteiger partial charge >= 0.3 is 0 Å². The number of carbonyl (C=O) groups is 1. The van der Waals surface area contributed by atoms with E-state index in [1.165, 1.54) is 28.6 Å². The van der Waals surface area contributed by atoms with Crippen LogP contribution in [0.25, 0.3) is 0 Å². The predicted molar refractivity (Wildman–Crippen MR) is 113 cm³/mol. The van der Waals surface area contributed by atoms with E-state index in [0.717, 1.165) is 49.9 Å². The summed E-state index contributed by atoms with van der Waals surface area (Å²) in [7, 11) is 4.31. The van der Waals surface area contributed by atoms with Crippen LogP contribution in [0.4, 0.5) is 0 Å². The molecule has 1 saturated heterocycles. The molecule has 1 aromatic carbocycles. The zero-order valence-corrected chi connectivity index (χ0v) is 18.0. The van der Waals surface area contributed by atoms with E-state index in [-0.39, 0.29) is 11.9 Å². The van der Waals surface area contributed by atoms with Crippen LogP contribution < -0.4 is 4.90 Å². The Labute approximate surface area is 172 Å². The molecule has 0 radical (unpaired) electrons. The lowest BCUT2D eigenvalue weighted by molar-refractivity contribution is -0.893. The van der Waals surface area contributed by atoms with Crippen molar-refractivity contribution in [3.63, 3.8) is 0 Å². The summed E-state index contributed by atoms with van der Waals surface area (Å²) in [6.07, 6.45) is 4.46. The molecule has 1 N–H and O–H groups in total. The number of amides is 1. The van der Waals surface area contributed by atoms with Crippen LogP contribution in [0.1, 0.15) is 50.0 Å². The number of nitrogens with zero attached hydrogens (tertiary/aromatic N) is 4. The molecule has 1 aliphatic rings. The van der Waals surface area contributed by atoms with E-state index in [1.54, 1.807) is 0 Å². The molecule has 0 unspecified atom stereocenters. The van der Waals surface area contributed by atoms with Gasteiger partial charge in [0.05, 0.1) is 26.4 Å². The molecule has 2 heterocycles. The van der Waals surface area contributed by atoms with Crippen LogP contribution in [0.5, 0.6) is 0 Å². The second-order valence-electron chi connectivity index (χ2n) is 7.68. The number of nitrogens with one attached hydrogen (secondary N) is 1. The van der Waals surface area contributed by atoms with Crippen molar-refractivity contribution in [3.8, 4) is 0 Å². The number of rotatable bonds is 8. The van der Waals surface area contributed by atoms with Gasteiger partial charge in [-0.3, -0.25) is 9.36 Å². The van der Waals surface area contributed by atoms with Gasteiger partial charge in [-0.15, -0.1) is 10.2 Å². The fourth-order valence-corrected chi connectivity index (χ4v) is 4.64. The van der Waals surface area contributed by atoms with Crippen LogP contribution in [0.3, 0.4) is 0 Å². The van der Waals surface area contributed by atoms with Crippen molar-refractivity contribution in [2.24, 2.45) is 0 Å². The summed E-state index contributed by atoms with van der Waals surface area (Å²) in [6.45, 7) is 4.70. The molecule has 152 valence electrons. The van der Waals surface area contributed by atoms with E-state index in [4.69, 9.17) is 0 Å². The maximum Gasteiger partial charge on any atom is 0.233 e. The first-order chi connectivity index (χ1) is 13.6. The maximum absolute atomic E-state index is 12.6. The summed E-state index contributed by atoms with van der Waals surface area (Å²) in [5.41, 5.74) is 1.22. The quantitative estimate of drug-likeness (QED) is 0.687. The van der Waals surface area contributed by atoms with E-state index < -0.39 is 0 Å². The van der Waals surface area contributed by atoms with E-state index in [2.05, 4.69) is 60.0 Å². The third-order valence-electron chi connectivity index (χ3n) is 5.38. The van der Waals surface area contributed by atoms with Gasteiger partial charge in [0.2, 0.25) is 5.91 Å². The number of hydrogen-bond donors (Lipinski definition) is 1. The summed E-state index contributed by atoms with van der Waals surface area (Å²) >= 11 is 1.52. The van der Waals surface area contributed by atoms with Crippen molar-refractivity contribution in [1.82, 2.24) is 19.7 Å². The minimum atomic E-state index is 0.214. The average Bonchev–Trinajstić information content (AvgIpc) is 3.10. The van der Waals surface area contributed by atoms with Crippen molar-refractivity contribution in [3.05, 3.63) is 41.7 Å². The van der Waals surface area contributed by atoms with Gasteiger partial charge in [-0.2, -0.15) is 0 Å². The summed E-state index contributed by atoms with van der Waals surface area (Å²) in [6, 6.07) is 10.7. The standard InChI is InChI=1S/C21H31N5OS/c1-4-18(24(2)3)20-22-23-21(26(20)15-17-11-7-5-8-12-17)28-16-19(27)25-13-9-6-10-14-25/h5,7-8,11-12,18H,4,6,9-10,13-16H2,1-3H3/p+1/t18-/m0/s1. The number of aromatic nitrogens is 3. The van der Waals surface area contributed by atoms with Crippen LogP contribution in [0.15, 0.2) is 35.5 Å². The molecule has 1 atom stereocenters. The largest absolute Gasteiger partial charge is 0.342 e. The highest BCUT2D eigenvalue weighted by atomic mass is 32.2. The normalized spacial score (nSPS) is 15.8.